The molecule has 4 nitrogen and oxygen atoms in total. The van der Waals surface area contributed by atoms with Crippen LogP contribution in [0.1, 0.15) is 11.1 Å². The zero-order valence-electron chi connectivity index (χ0n) is 10.6. The number of benzene rings is 1. The van der Waals surface area contributed by atoms with E-state index in [1.54, 1.807) is 26.4 Å². The van der Waals surface area contributed by atoms with Gasteiger partial charge in [0, 0.05) is 17.2 Å². The molecule has 1 rings (SSSR count). The molecule has 18 heavy (non-hydrogen) atoms. The number of methoxy groups -OCH3 is 2. The maximum absolute atomic E-state index is 10.3. The molecule has 0 aliphatic carbocycles. The highest BCUT2D eigenvalue weighted by molar-refractivity contribution is 5.80. The second kappa shape index (κ2) is 6.49. The number of carboxylic acid groups (broad SMARTS) is 1. The van der Waals surface area contributed by atoms with E-state index in [0.717, 1.165) is 23.0 Å². The molecule has 0 aromatic heterocycles. The van der Waals surface area contributed by atoms with Crippen molar-refractivity contribution in [2.45, 2.75) is 6.92 Å². The van der Waals surface area contributed by atoms with Crippen molar-refractivity contribution in [1.82, 2.24) is 0 Å². The van der Waals surface area contributed by atoms with E-state index >= 15 is 0 Å². The summed E-state index contributed by atoms with van der Waals surface area (Å²) in [6, 6.07) is 3.70. The van der Waals surface area contributed by atoms with Gasteiger partial charge in [-0.05, 0) is 19.1 Å². The quantitative estimate of drug-likeness (QED) is 0.643. The number of rotatable bonds is 5. The topological polar surface area (TPSA) is 55.8 Å². The van der Waals surface area contributed by atoms with E-state index in [1.165, 1.54) is 6.08 Å². The van der Waals surface area contributed by atoms with Gasteiger partial charge >= 0.3 is 5.97 Å². The Balaban J connectivity index is 3.03. The molecule has 0 spiro atoms. The van der Waals surface area contributed by atoms with E-state index in [4.69, 9.17) is 14.6 Å². The number of hydrogen-bond acceptors (Lipinski definition) is 3. The standard InChI is InChI=1S/C14H16O4/c1-10-12(17-2)9-8-11(14(10)18-3)6-4-5-7-13(15)16/h4-9H,1-3H3,(H,15,16)/b6-4+,7-5+. The minimum atomic E-state index is -0.975. The Morgan fingerprint density at radius 1 is 1.22 bits per heavy atom. The van der Waals surface area contributed by atoms with Gasteiger partial charge in [0.15, 0.2) is 0 Å². The van der Waals surface area contributed by atoms with E-state index in [-0.39, 0.29) is 0 Å². The van der Waals surface area contributed by atoms with Crippen LogP contribution in [0.5, 0.6) is 11.5 Å². The molecule has 0 heterocycles. The molecule has 1 N–H and O–H groups in total. The molecule has 0 amide bonds. The number of carboxylic acids is 1. The minimum Gasteiger partial charge on any atom is -0.496 e. The lowest BCUT2D eigenvalue weighted by molar-refractivity contribution is -0.131. The largest absolute Gasteiger partial charge is 0.496 e. The normalized spacial score (nSPS) is 11.1. The first-order chi connectivity index (χ1) is 8.60. The summed E-state index contributed by atoms with van der Waals surface area (Å²) in [5.41, 5.74) is 1.77. The van der Waals surface area contributed by atoms with Crippen molar-refractivity contribution in [3.8, 4) is 11.5 Å². The van der Waals surface area contributed by atoms with Gasteiger partial charge in [0.1, 0.15) is 11.5 Å². The predicted molar refractivity (Wildman–Crippen MR) is 70.1 cm³/mol. The molecule has 4 heteroatoms. The molecule has 0 saturated heterocycles. The van der Waals surface area contributed by atoms with Crippen LogP contribution in [-0.2, 0) is 4.79 Å². The Kier molecular flexibility index (Phi) is 4.99. The molecule has 0 radical (unpaired) electrons. The summed E-state index contributed by atoms with van der Waals surface area (Å²) >= 11 is 0. The Hall–Kier alpha value is -2.23. The third kappa shape index (κ3) is 3.38. The van der Waals surface area contributed by atoms with Gasteiger partial charge in [-0.25, -0.2) is 4.79 Å². The van der Waals surface area contributed by atoms with Crippen LogP contribution < -0.4 is 9.47 Å². The highest BCUT2D eigenvalue weighted by Gasteiger charge is 2.08. The van der Waals surface area contributed by atoms with Crippen LogP contribution >= 0.6 is 0 Å². The van der Waals surface area contributed by atoms with E-state index in [1.807, 2.05) is 19.1 Å². The Bertz CT molecular complexity index is 487. The summed E-state index contributed by atoms with van der Waals surface area (Å²) in [7, 11) is 3.19. The molecule has 96 valence electrons. The fraction of sp³-hybridized carbons (Fsp3) is 0.214. The second-order valence-corrected chi connectivity index (χ2v) is 3.57. The number of ether oxygens (including phenoxy) is 2. The van der Waals surface area contributed by atoms with Crippen LogP contribution in [0.2, 0.25) is 0 Å². The van der Waals surface area contributed by atoms with E-state index < -0.39 is 5.97 Å². The van der Waals surface area contributed by atoms with Gasteiger partial charge in [-0.15, -0.1) is 0 Å². The molecular formula is C14H16O4. The van der Waals surface area contributed by atoms with Gasteiger partial charge in [0.05, 0.1) is 14.2 Å². The van der Waals surface area contributed by atoms with Gasteiger partial charge in [-0.3, -0.25) is 0 Å². The third-order valence-corrected chi connectivity index (χ3v) is 2.44. The van der Waals surface area contributed by atoms with E-state index in [0.29, 0.717) is 5.75 Å². The van der Waals surface area contributed by atoms with Gasteiger partial charge < -0.3 is 14.6 Å². The second-order valence-electron chi connectivity index (χ2n) is 3.57. The Labute approximate surface area is 106 Å². The molecule has 0 saturated carbocycles. The average molecular weight is 248 g/mol. The summed E-state index contributed by atoms with van der Waals surface area (Å²) in [5.74, 6) is 0.497. The van der Waals surface area contributed by atoms with Crippen molar-refractivity contribution in [2.75, 3.05) is 14.2 Å². The summed E-state index contributed by atoms with van der Waals surface area (Å²) < 4.78 is 10.5. The van der Waals surface area contributed by atoms with Crippen molar-refractivity contribution in [1.29, 1.82) is 0 Å². The number of allylic oxidation sites excluding steroid dienone is 2. The third-order valence-electron chi connectivity index (χ3n) is 2.44. The molecule has 0 fully saturated rings. The van der Waals surface area contributed by atoms with Gasteiger partial charge in [-0.1, -0.05) is 18.2 Å². The molecule has 0 bridgehead atoms. The molecule has 0 atom stereocenters. The van der Waals surface area contributed by atoms with E-state index in [9.17, 15) is 4.79 Å². The molecule has 0 unspecified atom stereocenters. The van der Waals surface area contributed by atoms with Gasteiger partial charge in [-0.2, -0.15) is 0 Å². The van der Waals surface area contributed by atoms with Crippen molar-refractivity contribution in [2.24, 2.45) is 0 Å². The lowest BCUT2D eigenvalue weighted by Gasteiger charge is -2.12. The average Bonchev–Trinajstić information content (AvgIpc) is 2.34. The Morgan fingerprint density at radius 2 is 1.94 bits per heavy atom. The number of aliphatic carboxylic acids is 1. The fourth-order valence-corrected chi connectivity index (χ4v) is 1.61. The lowest BCUT2D eigenvalue weighted by atomic mass is 10.1. The first kappa shape index (κ1) is 13.8. The summed E-state index contributed by atoms with van der Waals surface area (Å²) in [5, 5.41) is 8.46. The van der Waals surface area contributed by atoms with Crippen LogP contribution in [-0.4, -0.2) is 25.3 Å². The van der Waals surface area contributed by atoms with Gasteiger partial charge in [0.2, 0.25) is 0 Å². The molecular weight excluding hydrogens is 232 g/mol. The fourth-order valence-electron chi connectivity index (χ4n) is 1.61. The van der Waals surface area contributed by atoms with Crippen molar-refractivity contribution in [3.63, 3.8) is 0 Å². The first-order valence-corrected chi connectivity index (χ1v) is 5.39. The highest BCUT2D eigenvalue weighted by Crippen LogP contribution is 2.31. The van der Waals surface area contributed by atoms with Crippen LogP contribution in [0.25, 0.3) is 6.08 Å². The van der Waals surface area contributed by atoms with Crippen LogP contribution in [0, 0.1) is 6.92 Å². The summed E-state index contributed by atoms with van der Waals surface area (Å²) in [6.45, 7) is 1.90. The zero-order chi connectivity index (χ0) is 13.5. The molecule has 0 aliphatic rings. The maximum Gasteiger partial charge on any atom is 0.328 e. The zero-order valence-corrected chi connectivity index (χ0v) is 10.6. The molecule has 1 aromatic carbocycles. The highest BCUT2D eigenvalue weighted by atomic mass is 16.5. The summed E-state index contributed by atoms with van der Waals surface area (Å²) in [4.78, 5) is 10.3. The van der Waals surface area contributed by atoms with E-state index in [2.05, 4.69) is 0 Å². The van der Waals surface area contributed by atoms with Crippen LogP contribution in [0.3, 0.4) is 0 Å². The van der Waals surface area contributed by atoms with Crippen LogP contribution in [0.15, 0.2) is 30.4 Å². The Morgan fingerprint density at radius 3 is 2.50 bits per heavy atom. The van der Waals surface area contributed by atoms with Crippen molar-refractivity contribution in [3.05, 3.63) is 41.5 Å². The SMILES string of the molecule is COc1ccc(/C=C/C=C/C(=O)O)c(OC)c1C. The monoisotopic (exact) mass is 248 g/mol. The number of hydrogen-bond donors (Lipinski definition) is 1. The van der Waals surface area contributed by atoms with Crippen molar-refractivity contribution >= 4 is 12.0 Å². The van der Waals surface area contributed by atoms with Gasteiger partial charge in [0.25, 0.3) is 0 Å². The maximum atomic E-state index is 10.3. The first-order valence-electron chi connectivity index (χ1n) is 5.39. The minimum absolute atomic E-state index is 0.717. The lowest BCUT2D eigenvalue weighted by Crippen LogP contribution is -1.94. The smallest absolute Gasteiger partial charge is 0.328 e. The van der Waals surface area contributed by atoms with Crippen molar-refractivity contribution < 1.29 is 19.4 Å². The molecule has 1 aromatic rings. The van der Waals surface area contributed by atoms with Crippen LogP contribution in [0.4, 0.5) is 0 Å². The number of carbonyl (C=O) groups is 1. The predicted octanol–water partition coefficient (Wildman–Crippen LogP) is 2.67. The molecule has 0 aliphatic heterocycles. The summed E-state index contributed by atoms with van der Waals surface area (Å²) in [6.07, 6.45) is 5.96.